The van der Waals surface area contributed by atoms with Crippen LogP contribution in [0.15, 0.2) is 66.7 Å². The highest BCUT2D eigenvalue weighted by Gasteiger charge is 2.25. The number of rotatable bonds is 7. The maximum absolute atomic E-state index is 13.4. The van der Waals surface area contributed by atoms with Gasteiger partial charge in [-0.2, -0.15) is 5.26 Å². The molecule has 1 atom stereocenters. The van der Waals surface area contributed by atoms with Gasteiger partial charge >= 0.3 is 6.03 Å². The Morgan fingerprint density at radius 1 is 1.05 bits per heavy atom. The van der Waals surface area contributed by atoms with Crippen LogP contribution in [0, 0.1) is 11.3 Å². The number of halogens is 2. The second-order valence-corrected chi connectivity index (χ2v) is 9.84. The second-order valence-electron chi connectivity index (χ2n) is 8.97. The lowest BCUT2D eigenvalue weighted by Crippen LogP contribution is -2.42. The van der Waals surface area contributed by atoms with Crippen LogP contribution in [0.4, 0.5) is 16.2 Å². The standard InChI is InChI=1S/C28H27Cl2N5O2/c1-19(36)32-25-9-10-34(18-25)11-12-35(28(37)33-26-15-23(29)14-24(30)16-26)27-7-5-21(6-8-27)22-4-2-3-20(13-22)17-31/h2-8,13-16,25H,9-12,18H2,1H3,(H,32,36)(H,33,37)/t25-/m1/s1. The van der Waals surface area contributed by atoms with Crippen LogP contribution >= 0.6 is 23.2 Å². The average molecular weight is 536 g/mol. The van der Waals surface area contributed by atoms with E-state index in [1.165, 1.54) is 6.92 Å². The molecule has 1 fully saturated rings. The Balaban J connectivity index is 1.53. The number of nitrogens with zero attached hydrogens (tertiary/aromatic N) is 3. The van der Waals surface area contributed by atoms with Crippen molar-refractivity contribution in [3.63, 3.8) is 0 Å². The number of amides is 3. The number of carbonyl (C=O) groups excluding carboxylic acids is 2. The Morgan fingerprint density at radius 2 is 1.78 bits per heavy atom. The molecule has 7 nitrogen and oxygen atoms in total. The minimum absolute atomic E-state index is 0.0339. The lowest BCUT2D eigenvalue weighted by atomic mass is 10.0. The summed E-state index contributed by atoms with van der Waals surface area (Å²) in [6.45, 7) is 4.20. The highest BCUT2D eigenvalue weighted by molar-refractivity contribution is 6.35. The van der Waals surface area contributed by atoms with Gasteiger partial charge in [0.15, 0.2) is 0 Å². The van der Waals surface area contributed by atoms with E-state index in [4.69, 9.17) is 23.2 Å². The van der Waals surface area contributed by atoms with Crippen LogP contribution in [0.2, 0.25) is 10.0 Å². The normalized spacial score (nSPS) is 15.1. The predicted octanol–water partition coefficient (Wildman–Crippen LogP) is 5.78. The molecule has 0 unspecified atom stereocenters. The molecule has 0 aromatic heterocycles. The van der Waals surface area contributed by atoms with E-state index in [0.29, 0.717) is 34.4 Å². The van der Waals surface area contributed by atoms with E-state index < -0.39 is 0 Å². The highest BCUT2D eigenvalue weighted by Crippen LogP contribution is 2.26. The molecule has 37 heavy (non-hydrogen) atoms. The van der Waals surface area contributed by atoms with Gasteiger partial charge in [-0.1, -0.05) is 47.5 Å². The molecule has 3 aromatic rings. The first kappa shape index (κ1) is 26.5. The number of hydrogen-bond donors (Lipinski definition) is 2. The van der Waals surface area contributed by atoms with Gasteiger partial charge in [0.1, 0.15) is 0 Å². The van der Waals surface area contributed by atoms with Crippen molar-refractivity contribution in [1.82, 2.24) is 10.2 Å². The number of likely N-dealkylation sites (tertiary alicyclic amines) is 1. The van der Waals surface area contributed by atoms with Gasteiger partial charge < -0.3 is 10.6 Å². The van der Waals surface area contributed by atoms with E-state index in [0.717, 1.165) is 36.3 Å². The Labute approximate surface area is 226 Å². The maximum atomic E-state index is 13.4. The van der Waals surface area contributed by atoms with E-state index >= 15 is 0 Å². The van der Waals surface area contributed by atoms with Crippen molar-refractivity contribution in [2.24, 2.45) is 0 Å². The van der Waals surface area contributed by atoms with Crippen LogP contribution in [-0.2, 0) is 4.79 Å². The summed E-state index contributed by atoms with van der Waals surface area (Å²) in [5.74, 6) is -0.0339. The van der Waals surface area contributed by atoms with E-state index in [-0.39, 0.29) is 18.0 Å². The fourth-order valence-electron chi connectivity index (χ4n) is 4.45. The van der Waals surface area contributed by atoms with Gasteiger partial charge in [-0.05, 0) is 60.0 Å². The van der Waals surface area contributed by atoms with E-state index in [1.54, 1.807) is 29.2 Å². The van der Waals surface area contributed by atoms with Crippen molar-refractivity contribution in [3.8, 4) is 17.2 Å². The molecule has 0 aliphatic carbocycles. The Morgan fingerprint density at radius 3 is 2.46 bits per heavy atom. The number of anilines is 2. The van der Waals surface area contributed by atoms with Crippen molar-refractivity contribution in [2.75, 3.05) is 36.4 Å². The monoisotopic (exact) mass is 535 g/mol. The molecule has 0 bridgehead atoms. The third kappa shape index (κ3) is 7.23. The minimum Gasteiger partial charge on any atom is -0.352 e. The highest BCUT2D eigenvalue weighted by atomic mass is 35.5. The lowest BCUT2D eigenvalue weighted by molar-refractivity contribution is -0.119. The quantitative estimate of drug-likeness (QED) is 0.401. The summed E-state index contributed by atoms with van der Waals surface area (Å²) in [6, 6.07) is 21.9. The number of benzene rings is 3. The summed E-state index contributed by atoms with van der Waals surface area (Å²) >= 11 is 12.2. The molecular weight excluding hydrogens is 509 g/mol. The van der Waals surface area contributed by atoms with Crippen molar-refractivity contribution in [2.45, 2.75) is 19.4 Å². The number of carbonyl (C=O) groups is 2. The molecule has 0 radical (unpaired) electrons. The van der Waals surface area contributed by atoms with Gasteiger partial charge in [-0.15, -0.1) is 0 Å². The zero-order valence-electron chi connectivity index (χ0n) is 20.4. The SMILES string of the molecule is CC(=O)N[C@@H]1CCN(CCN(C(=O)Nc2cc(Cl)cc(Cl)c2)c2ccc(-c3cccc(C#N)c3)cc2)C1. The molecule has 3 amide bonds. The average Bonchev–Trinajstić information content (AvgIpc) is 3.30. The van der Waals surface area contributed by atoms with Crippen LogP contribution in [-0.4, -0.2) is 49.1 Å². The van der Waals surface area contributed by atoms with Gasteiger partial charge in [0.2, 0.25) is 5.91 Å². The lowest BCUT2D eigenvalue weighted by Gasteiger charge is -2.26. The second kappa shape index (κ2) is 12.1. The molecule has 190 valence electrons. The van der Waals surface area contributed by atoms with Crippen molar-refractivity contribution < 1.29 is 9.59 Å². The van der Waals surface area contributed by atoms with Gasteiger partial charge in [0.25, 0.3) is 0 Å². The summed E-state index contributed by atoms with van der Waals surface area (Å²) < 4.78 is 0. The van der Waals surface area contributed by atoms with Crippen molar-refractivity contribution in [3.05, 3.63) is 82.3 Å². The molecule has 1 aliphatic heterocycles. The van der Waals surface area contributed by atoms with Crippen LogP contribution in [0.5, 0.6) is 0 Å². The first-order valence-electron chi connectivity index (χ1n) is 12.0. The molecule has 1 saturated heterocycles. The zero-order chi connectivity index (χ0) is 26.4. The molecule has 9 heteroatoms. The molecule has 1 aliphatic rings. The summed E-state index contributed by atoms with van der Waals surface area (Å²) in [6.07, 6.45) is 0.878. The zero-order valence-corrected chi connectivity index (χ0v) is 21.9. The minimum atomic E-state index is -0.310. The molecule has 4 rings (SSSR count). The van der Waals surface area contributed by atoms with Crippen LogP contribution < -0.4 is 15.5 Å². The fourth-order valence-corrected chi connectivity index (χ4v) is 4.98. The first-order valence-corrected chi connectivity index (χ1v) is 12.7. The first-order chi connectivity index (χ1) is 17.8. The van der Waals surface area contributed by atoms with Gasteiger partial charge in [0.05, 0.1) is 11.6 Å². The molecule has 2 N–H and O–H groups in total. The smallest absolute Gasteiger partial charge is 0.326 e. The number of hydrogen-bond acceptors (Lipinski definition) is 4. The van der Waals surface area contributed by atoms with Gasteiger partial charge in [-0.25, -0.2) is 4.79 Å². The van der Waals surface area contributed by atoms with Crippen LogP contribution in [0.1, 0.15) is 18.9 Å². The molecule has 3 aromatic carbocycles. The Bertz CT molecular complexity index is 1300. The summed E-state index contributed by atoms with van der Waals surface area (Å²) in [4.78, 5) is 28.7. The summed E-state index contributed by atoms with van der Waals surface area (Å²) in [7, 11) is 0. The van der Waals surface area contributed by atoms with Gasteiger partial charge in [0, 0.05) is 60.6 Å². The Kier molecular flexibility index (Phi) is 8.67. The largest absolute Gasteiger partial charge is 0.352 e. The maximum Gasteiger partial charge on any atom is 0.326 e. The van der Waals surface area contributed by atoms with E-state index in [1.807, 2.05) is 42.5 Å². The fraction of sp³-hybridized carbons (Fsp3) is 0.250. The summed E-state index contributed by atoms with van der Waals surface area (Å²) in [5.41, 5.74) is 3.69. The molecule has 0 saturated carbocycles. The third-order valence-electron chi connectivity index (χ3n) is 6.18. The van der Waals surface area contributed by atoms with Crippen LogP contribution in [0.3, 0.4) is 0 Å². The van der Waals surface area contributed by atoms with Gasteiger partial charge in [-0.3, -0.25) is 14.6 Å². The van der Waals surface area contributed by atoms with Crippen molar-refractivity contribution >= 4 is 46.5 Å². The number of urea groups is 1. The predicted molar refractivity (Wildman–Crippen MR) is 148 cm³/mol. The van der Waals surface area contributed by atoms with E-state index in [2.05, 4.69) is 21.6 Å². The number of nitriles is 1. The summed E-state index contributed by atoms with van der Waals surface area (Å²) in [5, 5.41) is 15.9. The third-order valence-corrected chi connectivity index (χ3v) is 6.62. The molecule has 0 spiro atoms. The van der Waals surface area contributed by atoms with Crippen LogP contribution in [0.25, 0.3) is 11.1 Å². The number of nitrogens with one attached hydrogen (secondary N) is 2. The topological polar surface area (TPSA) is 88.5 Å². The van der Waals surface area contributed by atoms with E-state index in [9.17, 15) is 14.9 Å². The Hall–Kier alpha value is -3.57. The molecule has 1 heterocycles. The molecular formula is C28H27Cl2N5O2. The van der Waals surface area contributed by atoms with Crippen molar-refractivity contribution in [1.29, 1.82) is 5.26 Å².